The Kier molecular flexibility index (Phi) is 3.94. The summed E-state index contributed by atoms with van der Waals surface area (Å²) in [6.45, 7) is 2.34. The second-order valence-electron chi connectivity index (χ2n) is 4.80. The summed E-state index contributed by atoms with van der Waals surface area (Å²) in [4.78, 5) is 22.9. The lowest BCUT2D eigenvalue weighted by atomic mass is 9.86. The highest BCUT2D eigenvalue weighted by Crippen LogP contribution is 2.38. The van der Waals surface area contributed by atoms with Gasteiger partial charge < -0.3 is 10.0 Å². The zero-order chi connectivity index (χ0) is 15.0. The van der Waals surface area contributed by atoms with Crippen molar-refractivity contribution >= 4 is 33.3 Å². The maximum Gasteiger partial charge on any atom is 0.306 e. The van der Waals surface area contributed by atoms with Crippen LogP contribution in [0.2, 0.25) is 0 Å². The van der Waals surface area contributed by atoms with Gasteiger partial charge in [-0.1, -0.05) is 6.92 Å². The lowest BCUT2D eigenvalue weighted by Gasteiger charge is -2.42. The van der Waals surface area contributed by atoms with Gasteiger partial charge in [-0.05, 0) is 15.9 Å². The summed E-state index contributed by atoms with van der Waals surface area (Å²) in [5.41, 5.74) is -0.00996. The number of nitrogens with zero attached hydrogens (tertiary/aromatic N) is 2. The van der Waals surface area contributed by atoms with E-state index >= 15 is 0 Å². The fourth-order valence-electron chi connectivity index (χ4n) is 2.15. The van der Waals surface area contributed by atoms with Gasteiger partial charge in [0, 0.05) is 31.1 Å². The Labute approximate surface area is 122 Å². The predicted molar refractivity (Wildman–Crippen MR) is 73.3 cm³/mol. The van der Waals surface area contributed by atoms with Crippen LogP contribution < -0.4 is 4.90 Å². The number of nitro benzene ring substituents is 1. The molecule has 0 bridgehead atoms. The van der Waals surface area contributed by atoms with E-state index in [1.54, 1.807) is 11.8 Å². The Hall–Kier alpha value is -1.70. The first-order valence-corrected chi connectivity index (χ1v) is 6.71. The molecule has 2 rings (SSSR count). The highest BCUT2D eigenvalue weighted by atomic mass is 79.9. The van der Waals surface area contributed by atoms with Crippen molar-refractivity contribution in [1.82, 2.24) is 0 Å². The van der Waals surface area contributed by atoms with Crippen LogP contribution in [-0.2, 0) is 4.79 Å². The molecular formula is C12H12BrFN2O4. The molecule has 8 heteroatoms. The van der Waals surface area contributed by atoms with E-state index in [2.05, 4.69) is 15.9 Å². The molecule has 108 valence electrons. The third kappa shape index (κ3) is 2.60. The van der Waals surface area contributed by atoms with Crippen LogP contribution in [0.25, 0.3) is 0 Å². The summed E-state index contributed by atoms with van der Waals surface area (Å²) in [5, 5.41) is 19.9. The minimum atomic E-state index is -0.897. The highest BCUT2D eigenvalue weighted by Gasteiger charge is 2.37. The Bertz CT molecular complexity index is 575. The maximum atomic E-state index is 13.5. The van der Waals surface area contributed by atoms with E-state index in [0.717, 1.165) is 12.1 Å². The molecule has 1 atom stereocenters. The smallest absolute Gasteiger partial charge is 0.306 e. The molecule has 0 radical (unpaired) electrons. The van der Waals surface area contributed by atoms with Crippen molar-refractivity contribution in [2.24, 2.45) is 11.8 Å². The summed E-state index contributed by atoms with van der Waals surface area (Å²) in [6.07, 6.45) is 0. The number of carboxylic acids is 1. The maximum absolute atomic E-state index is 13.5. The highest BCUT2D eigenvalue weighted by molar-refractivity contribution is 9.10. The minimum absolute atomic E-state index is 0.0314. The van der Waals surface area contributed by atoms with Crippen molar-refractivity contribution < 1.29 is 19.2 Å². The Balaban J connectivity index is 2.21. The number of nitro groups is 1. The first kappa shape index (κ1) is 14.7. The van der Waals surface area contributed by atoms with E-state index in [0.29, 0.717) is 13.1 Å². The molecule has 0 aromatic heterocycles. The van der Waals surface area contributed by atoms with Gasteiger partial charge in [-0.15, -0.1) is 0 Å². The molecule has 1 aromatic rings. The molecule has 1 saturated heterocycles. The van der Waals surface area contributed by atoms with Crippen molar-refractivity contribution in [3.8, 4) is 0 Å². The van der Waals surface area contributed by atoms with E-state index in [1.165, 1.54) is 0 Å². The number of carbonyl (C=O) groups is 1. The number of anilines is 1. The van der Waals surface area contributed by atoms with E-state index in [4.69, 9.17) is 5.11 Å². The van der Waals surface area contributed by atoms with Crippen LogP contribution in [0.3, 0.4) is 0 Å². The van der Waals surface area contributed by atoms with Gasteiger partial charge >= 0.3 is 5.97 Å². The first-order chi connectivity index (χ1) is 9.31. The number of halogens is 2. The SMILES string of the molecule is CC(C(=O)O)C1CN(c2cc(F)c(Br)cc2[N+](=O)[O-])C1. The predicted octanol–water partition coefficient (Wildman–Crippen LogP) is 2.65. The van der Waals surface area contributed by atoms with E-state index in [1.807, 2.05) is 0 Å². The summed E-state index contributed by atoms with van der Waals surface area (Å²) < 4.78 is 13.6. The molecule has 0 saturated carbocycles. The zero-order valence-corrected chi connectivity index (χ0v) is 12.1. The van der Waals surface area contributed by atoms with Crippen LogP contribution in [0.1, 0.15) is 6.92 Å². The van der Waals surface area contributed by atoms with Gasteiger partial charge in [-0.2, -0.15) is 0 Å². The van der Waals surface area contributed by atoms with Crippen LogP contribution in [0.15, 0.2) is 16.6 Å². The normalized spacial score (nSPS) is 16.6. The molecule has 1 N–H and O–H groups in total. The molecule has 1 aromatic carbocycles. The van der Waals surface area contributed by atoms with Gasteiger partial charge in [0.05, 0.1) is 15.3 Å². The van der Waals surface area contributed by atoms with E-state index < -0.39 is 22.6 Å². The Morgan fingerprint density at radius 3 is 2.70 bits per heavy atom. The van der Waals surface area contributed by atoms with Crippen molar-refractivity contribution in [3.05, 3.63) is 32.5 Å². The van der Waals surface area contributed by atoms with Crippen molar-refractivity contribution in [2.45, 2.75) is 6.92 Å². The minimum Gasteiger partial charge on any atom is -0.481 e. The molecule has 1 unspecified atom stereocenters. The van der Waals surface area contributed by atoms with Crippen LogP contribution in [0, 0.1) is 27.8 Å². The van der Waals surface area contributed by atoms with Gasteiger partial charge in [0.1, 0.15) is 11.5 Å². The lowest BCUT2D eigenvalue weighted by Crippen LogP contribution is -2.51. The number of hydrogen-bond acceptors (Lipinski definition) is 4. The number of hydrogen-bond donors (Lipinski definition) is 1. The molecule has 1 aliphatic rings. The first-order valence-electron chi connectivity index (χ1n) is 5.92. The van der Waals surface area contributed by atoms with Crippen molar-refractivity contribution in [2.75, 3.05) is 18.0 Å². The molecular weight excluding hydrogens is 335 g/mol. The van der Waals surface area contributed by atoms with Crippen LogP contribution in [0.5, 0.6) is 0 Å². The number of rotatable bonds is 4. The molecule has 6 nitrogen and oxygen atoms in total. The fourth-order valence-corrected chi connectivity index (χ4v) is 2.48. The van der Waals surface area contributed by atoms with Crippen LogP contribution in [-0.4, -0.2) is 29.1 Å². The number of benzene rings is 1. The number of carboxylic acid groups (broad SMARTS) is 1. The monoisotopic (exact) mass is 346 g/mol. The van der Waals surface area contributed by atoms with Gasteiger partial charge in [0.2, 0.25) is 0 Å². The standard InChI is InChI=1S/C12H12BrFN2O4/c1-6(12(17)18)7-4-15(5-7)10-3-9(14)8(13)2-11(10)16(19)20/h2-3,6-7H,4-5H2,1H3,(H,17,18). The zero-order valence-electron chi connectivity index (χ0n) is 10.5. The van der Waals surface area contributed by atoms with Crippen molar-refractivity contribution in [3.63, 3.8) is 0 Å². The molecule has 0 amide bonds. The van der Waals surface area contributed by atoms with Gasteiger partial charge in [0.15, 0.2) is 0 Å². The second kappa shape index (κ2) is 5.35. The van der Waals surface area contributed by atoms with E-state index in [9.17, 15) is 19.3 Å². The average Bonchev–Trinajstić information content (AvgIpc) is 2.30. The fraction of sp³-hybridized carbons (Fsp3) is 0.417. The lowest BCUT2D eigenvalue weighted by molar-refractivity contribution is -0.384. The molecule has 20 heavy (non-hydrogen) atoms. The third-order valence-electron chi connectivity index (χ3n) is 3.56. The van der Waals surface area contributed by atoms with Gasteiger partial charge in [-0.3, -0.25) is 14.9 Å². The quantitative estimate of drug-likeness (QED) is 0.669. The Morgan fingerprint density at radius 2 is 2.20 bits per heavy atom. The molecule has 0 aliphatic carbocycles. The topological polar surface area (TPSA) is 83.7 Å². The summed E-state index contributed by atoms with van der Waals surface area (Å²) >= 11 is 2.92. The van der Waals surface area contributed by atoms with Crippen molar-refractivity contribution in [1.29, 1.82) is 0 Å². The largest absolute Gasteiger partial charge is 0.481 e. The van der Waals surface area contributed by atoms with E-state index in [-0.39, 0.29) is 21.8 Å². The Morgan fingerprint density at radius 1 is 1.60 bits per heavy atom. The van der Waals surface area contributed by atoms with Crippen LogP contribution >= 0.6 is 15.9 Å². The second-order valence-corrected chi connectivity index (χ2v) is 5.66. The summed E-state index contributed by atoms with van der Waals surface area (Å²) in [5.74, 6) is -2.09. The van der Waals surface area contributed by atoms with Gasteiger partial charge in [0.25, 0.3) is 5.69 Å². The third-order valence-corrected chi connectivity index (χ3v) is 4.17. The summed E-state index contributed by atoms with van der Waals surface area (Å²) in [7, 11) is 0. The average molecular weight is 347 g/mol. The molecule has 0 spiro atoms. The van der Waals surface area contributed by atoms with Gasteiger partial charge in [-0.25, -0.2) is 4.39 Å². The number of aliphatic carboxylic acids is 1. The molecule has 1 heterocycles. The molecule has 1 fully saturated rings. The van der Waals surface area contributed by atoms with Crippen LogP contribution in [0.4, 0.5) is 15.8 Å². The molecule has 1 aliphatic heterocycles. The summed E-state index contributed by atoms with van der Waals surface area (Å²) in [6, 6.07) is 2.22.